The number of nitrogens with one attached hydrogen (secondary N) is 2. The lowest BCUT2D eigenvalue weighted by Gasteiger charge is -2.13. The first-order valence-corrected chi connectivity index (χ1v) is 11.1. The summed E-state index contributed by atoms with van der Waals surface area (Å²) >= 11 is 14.9. The summed E-state index contributed by atoms with van der Waals surface area (Å²) in [7, 11) is 0. The van der Waals surface area contributed by atoms with Crippen LogP contribution < -0.4 is 10.1 Å². The Labute approximate surface area is 227 Å². The highest BCUT2D eigenvalue weighted by Gasteiger charge is 2.36. The van der Waals surface area contributed by atoms with Gasteiger partial charge < -0.3 is 30.4 Å². The first-order valence-electron chi connectivity index (χ1n) is 9.60. The molecule has 1 amide bonds. The quantitative estimate of drug-likeness (QED) is 0.126. The van der Waals surface area contributed by atoms with E-state index in [1.165, 1.54) is 30.3 Å². The largest absolute Gasteiger partial charge is 0.453 e. The second kappa shape index (κ2) is 12.8. The average molecular weight is 645 g/mol. The fraction of sp³-hybridized carbons (Fsp3) is 0.150. The molecule has 2 aromatic carbocycles. The fourth-order valence-corrected chi connectivity index (χ4v) is 3.37. The first-order chi connectivity index (χ1) is 17.6. The number of carbonyl (C=O) groups is 1. The molecule has 0 saturated heterocycles. The van der Waals surface area contributed by atoms with E-state index >= 15 is 0 Å². The molecular weight excluding hydrogens is 633 g/mol. The monoisotopic (exact) mass is 643 g/mol. The maximum absolute atomic E-state index is 15.0. The Morgan fingerprint density at radius 3 is 2.47 bits per heavy atom. The van der Waals surface area contributed by atoms with Crippen LogP contribution in [0.15, 0.2) is 34.8 Å². The molecule has 0 aliphatic heterocycles. The lowest BCUT2D eigenvalue weighted by Crippen LogP contribution is -2.27. The smallest absolute Gasteiger partial charge is 0.439 e. The highest BCUT2D eigenvalue weighted by Crippen LogP contribution is 2.35. The van der Waals surface area contributed by atoms with Gasteiger partial charge in [0.1, 0.15) is 10.2 Å². The third-order valence-electron chi connectivity index (χ3n) is 4.17. The van der Waals surface area contributed by atoms with Gasteiger partial charge in [0.25, 0.3) is 12.2 Å². The van der Waals surface area contributed by atoms with Crippen LogP contribution in [0.25, 0.3) is 0 Å². The Morgan fingerprint density at radius 1 is 1.32 bits per heavy atom. The van der Waals surface area contributed by atoms with Crippen molar-refractivity contribution in [1.29, 1.82) is 5.26 Å². The number of halogens is 7. The van der Waals surface area contributed by atoms with Gasteiger partial charge in [-0.3, -0.25) is 4.79 Å². The van der Waals surface area contributed by atoms with Gasteiger partial charge in [0.2, 0.25) is 0 Å². The van der Waals surface area contributed by atoms with Crippen molar-refractivity contribution in [2.45, 2.75) is 19.0 Å². The number of nitro groups is 1. The van der Waals surface area contributed by atoms with Gasteiger partial charge in [-0.25, -0.2) is 4.39 Å². The van der Waals surface area contributed by atoms with E-state index in [0.29, 0.717) is 0 Å². The standard InChI is InChI=1S/C18H9BrCl2FN5O4.C2H3F3O2/c19-13-15(25-26-17(13)27(29)30)18(28)24-7-9-1-2-12(21)16(14(9)22)31-11-4-8(6-23)3-10(20)5-11;3-2(4,5)1(6)7/h1-5H,7H2,(H,24,28)(H,25,26);1,6-7H. The van der Waals surface area contributed by atoms with Gasteiger partial charge in [-0.15, -0.1) is 5.10 Å². The first kappa shape index (κ1) is 30.7. The molecule has 1 aromatic heterocycles. The van der Waals surface area contributed by atoms with Crippen molar-refractivity contribution in [3.05, 3.63) is 77.6 Å². The Bertz CT molecular complexity index is 1400. The second-order valence-corrected chi connectivity index (χ2v) is 8.47. The van der Waals surface area contributed by atoms with Gasteiger partial charge in [0.15, 0.2) is 17.3 Å². The summed E-state index contributed by atoms with van der Waals surface area (Å²) in [6.07, 6.45) is -8.09. The number of rotatable bonds is 6. The minimum atomic E-state index is -4.89. The van der Waals surface area contributed by atoms with Crippen LogP contribution in [0.5, 0.6) is 11.5 Å². The predicted molar refractivity (Wildman–Crippen MR) is 126 cm³/mol. The van der Waals surface area contributed by atoms with Gasteiger partial charge in [-0.1, -0.05) is 34.4 Å². The number of ether oxygens (including phenoxy) is 1. The number of amides is 1. The van der Waals surface area contributed by atoms with Crippen molar-refractivity contribution >= 4 is 50.9 Å². The van der Waals surface area contributed by atoms with Crippen LogP contribution in [0.1, 0.15) is 21.6 Å². The van der Waals surface area contributed by atoms with Crippen molar-refractivity contribution in [2.24, 2.45) is 0 Å². The summed E-state index contributed by atoms with van der Waals surface area (Å²) in [5.41, 5.74) is -0.0296. The van der Waals surface area contributed by atoms with Crippen molar-refractivity contribution in [2.75, 3.05) is 0 Å². The summed E-state index contributed by atoms with van der Waals surface area (Å²) in [6, 6.07) is 8.76. The molecular formula is C20H12BrCl2F4N5O6. The molecule has 0 radical (unpaired) electrons. The molecule has 11 nitrogen and oxygen atoms in total. The van der Waals surface area contributed by atoms with Crippen LogP contribution in [-0.2, 0) is 6.54 Å². The van der Waals surface area contributed by atoms with Crippen LogP contribution in [-0.4, -0.2) is 43.7 Å². The zero-order valence-corrected chi connectivity index (χ0v) is 21.3. The summed E-state index contributed by atoms with van der Waals surface area (Å²) < 4.78 is 52.4. The lowest BCUT2D eigenvalue weighted by molar-refractivity contribution is -0.390. The van der Waals surface area contributed by atoms with Gasteiger partial charge in [-0.2, -0.15) is 18.4 Å². The highest BCUT2D eigenvalue weighted by molar-refractivity contribution is 9.10. The van der Waals surface area contributed by atoms with Crippen LogP contribution in [0.2, 0.25) is 10.0 Å². The third-order valence-corrected chi connectivity index (χ3v) is 5.44. The summed E-state index contributed by atoms with van der Waals surface area (Å²) in [6.45, 7) is -0.287. The number of aliphatic hydroxyl groups excluding tert-OH is 1. The van der Waals surface area contributed by atoms with E-state index in [1.54, 1.807) is 0 Å². The fourth-order valence-electron chi connectivity index (χ4n) is 2.46. The number of alkyl halides is 3. The topological polar surface area (TPSA) is 174 Å². The summed E-state index contributed by atoms with van der Waals surface area (Å²) in [4.78, 5) is 22.4. The molecule has 202 valence electrons. The number of hydrogen-bond donors (Lipinski definition) is 4. The number of aromatic amines is 1. The molecule has 0 bridgehead atoms. The normalized spacial score (nSPS) is 10.9. The van der Waals surface area contributed by atoms with Gasteiger partial charge >= 0.3 is 12.0 Å². The van der Waals surface area contributed by atoms with Crippen LogP contribution in [0.4, 0.5) is 23.4 Å². The number of hydrogen-bond acceptors (Lipinski definition) is 8. The van der Waals surface area contributed by atoms with E-state index in [0.717, 1.165) is 0 Å². The number of nitriles is 1. The van der Waals surface area contributed by atoms with E-state index in [-0.39, 0.29) is 49.4 Å². The molecule has 0 unspecified atom stereocenters. The second-order valence-electron chi connectivity index (χ2n) is 6.83. The molecule has 0 atom stereocenters. The number of benzene rings is 2. The molecule has 0 spiro atoms. The van der Waals surface area contributed by atoms with Crippen LogP contribution >= 0.6 is 39.1 Å². The minimum Gasteiger partial charge on any atom is -0.453 e. The van der Waals surface area contributed by atoms with Crippen molar-refractivity contribution in [3.63, 3.8) is 0 Å². The molecule has 4 N–H and O–H groups in total. The Kier molecular flexibility index (Phi) is 10.4. The van der Waals surface area contributed by atoms with E-state index in [1.807, 2.05) is 6.07 Å². The number of carbonyl (C=O) groups excluding carboxylic acids is 1. The summed E-state index contributed by atoms with van der Waals surface area (Å²) in [5, 5.41) is 42.8. The molecule has 0 aliphatic rings. The Hall–Kier alpha value is -3.49. The maximum Gasteiger partial charge on any atom is 0.439 e. The van der Waals surface area contributed by atoms with Gasteiger partial charge in [0, 0.05) is 17.1 Å². The number of nitrogens with zero attached hydrogens (tertiary/aromatic N) is 3. The molecule has 18 heteroatoms. The highest BCUT2D eigenvalue weighted by atomic mass is 79.9. The lowest BCUT2D eigenvalue weighted by atomic mass is 10.2. The molecule has 38 heavy (non-hydrogen) atoms. The SMILES string of the molecule is N#Cc1cc(Cl)cc(Oc2c(Cl)ccc(CNC(=O)c3n[nH]c([N+](=O)[O-])c3Br)c2F)c1.OC(O)C(F)(F)F. The van der Waals surface area contributed by atoms with Crippen molar-refractivity contribution in [1.82, 2.24) is 15.5 Å². The number of aliphatic hydroxyl groups is 2. The van der Waals surface area contributed by atoms with Crippen LogP contribution in [0.3, 0.4) is 0 Å². The number of H-pyrrole nitrogens is 1. The number of aromatic nitrogens is 2. The zero-order valence-electron chi connectivity index (χ0n) is 18.2. The molecule has 0 saturated carbocycles. The molecule has 0 aliphatic carbocycles. The van der Waals surface area contributed by atoms with Crippen molar-refractivity contribution in [3.8, 4) is 17.6 Å². The van der Waals surface area contributed by atoms with Gasteiger partial charge in [0.05, 0.1) is 16.7 Å². The molecule has 3 rings (SSSR count). The third kappa shape index (κ3) is 8.00. The maximum atomic E-state index is 15.0. The molecule has 3 aromatic rings. The van der Waals surface area contributed by atoms with E-state index in [2.05, 4.69) is 31.4 Å². The average Bonchev–Trinajstić information content (AvgIpc) is 3.22. The van der Waals surface area contributed by atoms with E-state index < -0.39 is 34.9 Å². The minimum absolute atomic E-state index is 0.0245. The van der Waals surface area contributed by atoms with E-state index in [9.17, 15) is 32.5 Å². The Balaban J connectivity index is 0.000000638. The van der Waals surface area contributed by atoms with Gasteiger partial charge in [-0.05, 0) is 45.1 Å². The Morgan fingerprint density at radius 2 is 1.95 bits per heavy atom. The molecule has 0 fully saturated rings. The molecule has 1 heterocycles. The predicted octanol–water partition coefficient (Wildman–Crippen LogP) is 4.98. The van der Waals surface area contributed by atoms with Crippen LogP contribution in [0, 0.1) is 27.3 Å². The summed E-state index contributed by atoms with van der Waals surface area (Å²) in [5.74, 6) is -2.34. The van der Waals surface area contributed by atoms with Crippen molar-refractivity contribution < 1.29 is 42.2 Å². The van der Waals surface area contributed by atoms with E-state index in [4.69, 9.17) is 43.4 Å². The zero-order chi connectivity index (χ0) is 28.8.